The predicted molar refractivity (Wildman–Crippen MR) is 99.7 cm³/mol. The lowest BCUT2D eigenvalue weighted by Crippen LogP contribution is -2.49. The Bertz CT molecular complexity index is 820. The van der Waals surface area contributed by atoms with Gasteiger partial charge in [-0.15, -0.1) is 0 Å². The van der Waals surface area contributed by atoms with Gasteiger partial charge < -0.3 is 15.1 Å². The molecule has 1 aliphatic carbocycles. The summed E-state index contributed by atoms with van der Waals surface area (Å²) in [6.45, 7) is 2.75. The molecule has 1 aromatic carbocycles. The number of carbonyl (C=O) groups excluding carboxylic acids is 2. The van der Waals surface area contributed by atoms with Crippen LogP contribution in [0.2, 0.25) is 0 Å². The van der Waals surface area contributed by atoms with E-state index < -0.39 is 0 Å². The summed E-state index contributed by atoms with van der Waals surface area (Å²) in [5.41, 5.74) is 0.545. The van der Waals surface area contributed by atoms with Gasteiger partial charge in [0.15, 0.2) is 0 Å². The molecule has 0 spiro atoms. The average Bonchev–Trinajstić information content (AvgIpc) is 3.51. The fourth-order valence-electron chi connectivity index (χ4n) is 3.46. The van der Waals surface area contributed by atoms with Gasteiger partial charge in [-0.05, 0) is 42.8 Å². The number of benzene rings is 1. The van der Waals surface area contributed by atoms with Crippen molar-refractivity contribution >= 4 is 23.3 Å². The Balaban J connectivity index is 1.27. The van der Waals surface area contributed by atoms with Crippen molar-refractivity contribution in [3.63, 3.8) is 0 Å². The molecule has 2 amide bonds. The highest BCUT2D eigenvalue weighted by atomic mass is 19.1. The van der Waals surface area contributed by atoms with Crippen molar-refractivity contribution in [1.82, 2.24) is 9.88 Å². The Morgan fingerprint density at radius 1 is 1.00 bits per heavy atom. The maximum atomic E-state index is 12.9. The number of amides is 2. The van der Waals surface area contributed by atoms with Crippen LogP contribution in [0.25, 0.3) is 0 Å². The normalized spacial score (nSPS) is 21.7. The number of aromatic nitrogens is 1. The van der Waals surface area contributed by atoms with E-state index in [2.05, 4.69) is 15.2 Å². The number of nitrogens with zero attached hydrogens (tertiary/aromatic N) is 3. The molecular formula is C20H21FN4O2. The van der Waals surface area contributed by atoms with Gasteiger partial charge in [0.25, 0.3) is 0 Å². The molecule has 1 aromatic heterocycles. The second kappa shape index (κ2) is 7.34. The molecule has 1 aliphatic heterocycles. The van der Waals surface area contributed by atoms with Gasteiger partial charge in [-0.25, -0.2) is 9.37 Å². The third-order valence-electron chi connectivity index (χ3n) is 5.12. The number of halogens is 1. The van der Waals surface area contributed by atoms with E-state index in [1.165, 1.54) is 24.3 Å². The molecule has 1 N–H and O–H groups in total. The highest BCUT2D eigenvalue weighted by Gasteiger charge is 2.49. The van der Waals surface area contributed by atoms with Gasteiger partial charge in [-0.1, -0.05) is 6.07 Å². The second-order valence-electron chi connectivity index (χ2n) is 6.95. The molecule has 27 heavy (non-hydrogen) atoms. The summed E-state index contributed by atoms with van der Waals surface area (Å²) < 4.78 is 12.9. The van der Waals surface area contributed by atoms with Crippen LogP contribution >= 0.6 is 0 Å². The molecule has 0 radical (unpaired) electrons. The largest absolute Gasteiger partial charge is 0.353 e. The quantitative estimate of drug-likeness (QED) is 0.898. The average molecular weight is 368 g/mol. The Kier molecular flexibility index (Phi) is 4.75. The highest BCUT2D eigenvalue weighted by Crippen LogP contribution is 2.41. The maximum absolute atomic E-state index is 12.9. The number of carbonyl (C=O) groups is 2. The van der Waals surface area contributed by atoms with Gasteiger partial charge in [-0.2, -0.15) is 0 Å². The van der Waals surface area contributed by atoms with Crippen molar-refractivity contribution in [2.75, 3.05) is 36.4 Å². The number of piperazine rings is 1. The lowest BCUT2D eigenvalue weighted by Gasteiger charge is -2.35. The lowest BCUT2D eigenvalue weighted by atomic mass is 10.2. The van der Waals surface area contributed by atoms with Crippen molar-refractivity contribution in [3.05, 3.63) is 54.5 Å². The standard InChI is InChI=1S/C20H21FN4O2/c21-14-4-6-15(7-5-14)23-19(26)16-13-17(16)20(27)25-11-9-24(10-12-25)18-3-1-2-8-22-18/h1-8,16-17H,9-13H2,(H,23,26). The van der Waals surface area contributed by atoms with Crippen molar-refractivity contribution in [2.24, 2.45) is 11.8 Å². The van der Waals surface area contributed by atoms with Crippen LogP contribution < -0.4 is 10.2 Å². The van der Waals surface area contributed by atoms with Crippen LogP contribution in [0.15, 0.2) is 48.7 Å². The van der Waals surface area contributed by atoms with E-state index in [0.29, 0.717) is 25.2 Å². The molecule has 2 atom stereocenters. The number of hydrogen-bond donors (Lipinski definition) is 1. The Labute approximate surface area is 157 Å². The van der Waals surface area contributed by atoms with E-state index in [4.69, 9.17) is 0 Å². The number of anilines is 2. The van der Waals surface area contributed by atoms with E-state index in [-0.39, 0.29) is 29.5 Å². The molecule has 2 unspecified atom stereocenters. The summed E-state index contributed by atoms with van der Waals surface area (Å²) in [5.74, 6) is -0.0879. The molecule has 4 rings (SSSR count). The molecule has 0 bridgehead atoms. The van der Waals surface area contributed by atoms with Crippen molar-refractivity contribution in [2.45, 2.75) is 6.42 Å². The van der Waals surface area contributed by atoms with Crippen molar-refractivity contribution in [1.29, 1.82) is 0 Å². The van der Waals surface area contributed by atoms with Gasteiger partial charge in [0.05, 0.1) is 11.8 Å². The summed E-state index contributed by atoms with van der Waals surface area (Å²) in [7, 11) is 0. The second-order valence-corrected chi connectivity index (χ2v) is 6.95. The molecule has 2 fully saturated rings. The van der Waals surface area contributed by atoms with Crippen LogP contribution in [0.4, 0.5) is 15.9 Å². The summed E-state index contributed by atoms with van der Waals surface area (Å²) in [4.78, 5) is 33.3. The third kappa shape index (κ3) is 3.92. The zero-order valence-corrected chi connectivity index (χ0v) is 14.8. The lowest BCUT2D eigenvalue weighted by molar-refractivity contribution is -0.134. The summed E-state index contributed by atoms with van der Waals surface area (Å²) in [6.07, 6.45) is 2.34. The molecule has 6 nitrogen and oxygen atoms in total. The monoisotopic (exact) mass is 368 g/mol. The van der Waals surface area contributed by atoms with Gasteiger partial charge >= 0.3 is 0 Å². The van der Waals surface area contributed by atoms with Crippen LogP contribution in [0.1, 0.15) is 6.42 Å². The zero-order valence-electron chi connectivity index (χ0n) is 14.8. The van der Waals surface area contributed by atoms with Gasteiger partial charge in [0.2, 0.25) is 11.8 Å². The smallest absolute Gasteiger partial charge is 0.228 e. The molecule has 2 aliphatic rings. The SMILES string of the molecule is O=C(Nc1ccc(F)cc1)C1CC1C(=O)N1CCN(c2ccccn2)CC1. The minimum absolute atomic E-state index is 0.0509. The van der Waals surface area contributed by atoms with E-state index in [9.17, 15) is 14.0 Å². The Hall–Kier alpha value is -2.96. The number of hydrogen-bond acceptors (Lipinski definition) is 4. The van der Waals surface area contributed by atoms with Crippen LogP contribution in [-0.2, 0) is 9.59 Å². The molecule has 1 saturated carbocycles. The topological polar surface area (TPSA) is 65.5 Å². The summed E-state index contributed by atoms with van der Waals surface area (Å²) in [6, 6.07) is 11.4. The minimum atomic E-state index is -0.350. The molecule has 1 saturated heterocycles. The predicted octanol–water partition coefficient (Wildman–Crippen LogP) is 2.14. The number of rotatable bonds is 4. The zero-order chi connectivity index (χ0) is 18.8. The first-order chi connectivity index (χ1) is 13.1. The highest BCUT2D eigenvalue weighted by molar-refractivity contribution is 5.99. The van der Waals surface area contributed by atoms with E-state index >= 15 is 0 Å². The van der Waals surface area contributed by atoms with E-state index in [1.54, 1.807) is 6.20 Å². The summed E-state index contributed by atoms with van der Waals surface area (Å²) >= 11 is 0. The van der Waals surface area contributed by atoms with Gasteiger partial charge in [0.1, 0.15) is 11.6 Å². The molecule has 2 heterocycles. The maximum Gasteiger partial charge on any atom is 0.228 e. The number of pyridine rings is 1. The van der Waals surface area contributed by atoms with E-state index in [1.807, 2.05) is 23.1 Å². The fraction of sp³-hybridized carbons (Fsp3) is 0.350. The van der Waals surface area contributed by atoms with Crippen LogP contribution in [0.5, 0.6) is 0 Å². The van der Waals surface area contributed by atoms with Gasteiger partial charge in [-0.3, -0.25) is 9.59 Å². The van der Waals surface area contributed by atoms with Crippen LogP contribution in [-0.4, -0.2) is 47.9 Å². The first-order valence-corrected chi connectivity index (χ1v) is 9.13. The minimum Gasteiger partial charge on any atom is -0.353 e. The summed E-state index contributed by atoms with van der Waals surface area (Å²) in [5, 5.41) is 2.75. The molecule has 2 aromatic rings. The Morgan fingerprint density at radius 3 is 2.41 bits per heavy atom. The Morgan fingerprint density at radius 2 is 1.74 bits per heavy atom. The van der Waals surface area contributed by atoms with Gasteiger partial charge in [0, 0.05) is 38.1 Å². The van der Waals surface area contributed by atoms with Crippen LogP contribution in [0, 0.1) is 17.7 Å². The van der Waals surface area contributed by atoms with Crippen LogP contribution in [0.3, 0.4) is 0 Å². The fourth-order valence-corrected chi connectivity index (χ4v) is 3.46. The van der Waals surface area contributed by atoms with Crippen molar-refractivity contribution < 1.29 is 14.0 Å². The van der Waals surface area contributed by atoms with E-state index in [0.717, 1.165) is 18.9 Å². The first-order valence-electron chi connectivity index (χ1n) is 9.13. The van der Waals surface area contributed by atoms with Crippen molar-refractivity contribution in [3.8, 4) is 0 Å². The molecular weight excluding hydrogens is 347 g/mol. The molecule has 7 heteroatoms. The molecule has 140 valence electrons. The number of nitrogens with one attached hydrogen (secondary N) is 1. The third-order valence-corrected chi connectivity index (χ3v) is 5.12. The first kappa shape index (κ1) is 17.5.